The molecule has 14 nitrogen and oxygen atoms in total. The van der Waals surface area contributed by atoms with Gasteiger partial charge in [0.15, 0.2) is 17.8 Å². The predicted molar refractivity (Wildman–Crippen MR) is 168 cm³/mol. The fourth-order valence-electron chi connectivity index (χ4n) is 7.54. The summed E-state index contributed by atoms with van der Waals surface area (Å²) in [6.07, 6.45) is -5.71. The van der Waals surface area contributed by atoms with Crippen molar-refractivity contribution in [2.45, 2.75) is 109 Å². The highest BCUT2D eigenvalue weighted by molar-refractivity contribution is 5.89. The number of hydrogen-bond donors (Lipinski definition) is 3. The molecular formula is C35H46O14. The van der Waals surface area contributed by atoms with Crippen molar-refractivity contribution in [3.63, 3.8) is 0 Å². The maximum Gasteiger partial charge on any atom is 0.338 e. The van der Waals surface area contributed by atoms with Gasteiger partial charge in [-0.3, -0.25) is 19.2 Å². The summed E-state index contributed by atoms with van der Waals surface area (Å²) >= 11 is 0. The average molecular weight is 691 g/mol. The second-order valence-corrected chi connectivity index (χ2v) is 14.0. The van der Waals surface area contributed by atoms with Crippen molar-refractivity contribution >= 4 is 29.8 Å². The van der Waals surface area contributed by atoms with E-state index in [4.69, 9.17) is 28.4 Å². The molecule has 1 aromatic carbocycles. The number of ether oxygens (including phenoxy) is 6. The summed E-state index contributed by atoms with van der Waals surface area (Å²) in [4.78, 5) is 64.2. The van der Waals surface area contributed by atoms with E-state index in [1.165, 1.54) is 32.1 Å². The Kier molecular flexibility index (Phi) is 10.7. The van der Waals surface area contributed by atoms with Crippen molar-refractivity contribution in [2.24, 2.45) is 23.2 Å². The number of benzene rings is 1. The van der Waals surface area contributed by atoms with Gasteiger partial charge in [0.25, 0.3) is 0 Å². The van der Waals surface area contributed by atoms with Crippen LogP contribution in [-0.2, 0) is 47.6 Å². The zero-order valence-electron chi connectivity index (χ0n) is 28.9. The second-order valence-electron chi connectivity index (χ2n) is 14.0. The quantitative estimate of drug-likeness (QED) is 0.222. The Balaban J connectivity index is 2.08. The number of carbonyl (C=O) groups excluding carboxylic acids is 5. The van der Waals surface area contributed by atoms with Gasteiger partial charge in [0, 0.05) is 39.0 Å². The van der Waals surface area contributed by atoms with E-state index in [0.717, 1.165) is 27.7 Å². The number of fused-ring (bicyclic) bond motifs is 5. The molecule has 3 N–H and O–H groups in total. The second kappa shape index (κ2) is 13.8. The van der Waals surface area contributed by atoms with E-state index in [-0.39, 0.29) is 12.0 Å². The summed E-state index contributed by atoms with van der Waals surface area (Å²) in [5, 5.41) is 37.9. The molecule has 4 aliphatic rings. The summed E-state index contributed by atoms with van der Waals surface area (Å²) in [5.74, 6) is -10.0. The van der Waals surface area contributed by atoms with Crippen LogP contribution in [-0.4, -0.2) is 99.3 Å². The smallest absolute Gasteiger partial charge is 0.338 e. The first kappa shape index (κ1) is 38.0. The molecule has 0 spiro atoms. The van der Waals surface area contributed by atoms with Crippen molar-refractivity contribution in [2.75, 3.05) is 6.61 Å². The third-order valence-electron chi connectivity index (χ3n) is 9.77. The fourth-order valence-corrected chi connectivity index (χ4v) is 7.54. The Morgan fingerprint density at radius 3 is 1.78 bits per heavy atom. The van der Waals surface area contributed by atoms with E-state index >= 15 is 0 Å². The minimum atomic E-state index is -2.69. The molecule has 1 saturated heterocycles. The highest BCUT2D eigenvalue weighted by Crippen LogP contribution is 2.55. The summed E-state index contributed by atoms with van der Waals surface area (Å²) in [5.41, 5.74) is -6.19. The Bertz CT molecular complexity index is 1470. The van der Waals surface area contributed by atoms with Crippen molar-refractivity contribution in [3.8, 4) is 0 Å². The number of hydrogen-bond acceptors (Lipinski definition) is 14. The van der Waals surface area contributed by atoms with Gasteiger partial charge in [0.1, 0.15) is 23.9 Å². The first-order valence-corrected chi connectivity index (χ1v) is 16.1. The van der Waals surface area contributed by atoms with Gasteiger partial charge in [0.05, 0.1) is 18.1 Å². The van der Waals surface area contributed by atoms with Gasteiger partial charge in [-0.05, 0) is 24.5 Å². The molecule has 2 aliphatic heterocycles. The summed E-state index contributed by atoms with van der Waals surface area (Å²) in [6.45, 7) is 9.71. The molecular weight excluding hydrogens is 644 g/mol. The van der Waals surface area contributed by atoms with E-state index in [1.54, 1.807) is 38.1 Å². The number of esters is 5. The summed E-state index contributed by atoms with van der Waals surface area (Å²) in [7, 11) is 0. The lowest BCUT2D eigenvalue weighted by Crippen LogP contribution is -2.77. The van der Waals surface area contributed by atoms with Gasteiger partial charge in [-0.2, -0.15) is 0 Å². The maximum atomic E-state index is 13.5. The molecule has 2 fully saturated rings. The molecule has 270 valence electrons. The molecule has 0 aromatic heterocycles. The highest BCUT2D eigenvalue weighted by Gasteiger charge is 2.73. The highest BCUT2D eigenvalue weighted by atomic mass is 16.7. The van der Waals surface area contributed by atoms with Crippen LogP contribution in [0, 0.1) is 23.2 Å². The monoisotopic (exact) mass is 690 g/mol. The molecule has 2 aliphatic carbocycles. The van der Waals surface area contributed by atoms with Crippen LogP contribution in [0.5, 0.6) is 0 Å². The fraction of sp³-hybridized carbons (Fsp3) is 0.629. The first-order chi connectivity index (χ1) is 22.7. The Morgan fingerprint density at radius 1 is 0.714 bits per heavy atom. The van der Waals surface area contributed by atoms with E-state index in [2.05, 4.69) is 0 Å². The van der Waals surface area contributed by atoms with Gasteiger partial charge in [-0.25, -0.2) is 4.79 Å². The van der Waals surface area contributed by atoms with Crippen LogP contribution >= 0.6 is 0 Å². The van der Waals surface area contributed by atoms with Crippen molar-refractivity contribution in [1.29, 1.82) is 0 Å². The molecule has 2 bridgehead atoms. The standard InChI is InChI=1S/C35H46O14/c1-18-14-15-32(7,8)35(43)30(48-23(6)39)29(47-22(5)38)34(42,17-44-35)28(46-21(4)37)25-26(49-31(40)24-12-10-9-11-13-24)19(2)16-33(25,41)27(18)45-20(3)36/h9-15,18-19,25-30,41-43H,16-17H2,1-8H3/b15-14-/t18-,19+,25-,26+,27-,28-,29-,30-,33-,34+,35-/m1/s1. The zero-order chi connectivity index (χ0) is 36.7. The van der Waals surface area contributed by atoms with Gasteiger partial charge < -0.3 is 43.7 Å². The molecule has 1 saturated carbocycles. The van der Waals surface area contributed by atoms with Crippen LogP contribution in [0.3, 0.4) is 0 Å². The number of aliphatic hydroxyl groups is 3. The van der Waals surface area contributed by atoms with Gasteiger partial charge in [0.2, 0.25) is 5.79 Å². The summed E-state index contributed by atoms with van der Waals surface area (Å²) < 4.78 is 34.8. The minimum absolute atomic E-state index is 0.162. The van der Waals surface area contributed by atoms with Crippen LogP contribution in [0.4, 0.5) is 0 Å². The van der Waals surface area contributed by atoms with Crippen LogP contribution in [0.15, 0.2) is 42.5 Å². The first-order valence-electron chi connectivity index (χ1n) is 16.1. The van der Waals surface area contributed by atoms with Crippen molar-refractivity contribution < 1.29 is 67.7 Å². The molecule has 5 rings (SSSR count). The zero-order valence-corrected chi connectivity index (χ0v) is 28.9. The maximum absolute atomic E-state index is 13.5. The van der Waals surface area contributed by atoms with Crippen molar-refractivity contribution in [1.82, 2.24) is 0 Å². The van der Waals surface area contributed by atoms with Crippen LogP contribution < -0.4 is 0 Å². The molecule has 14 heteroatoms. The molecule has 1 aromatic rings. The van der Waals surface area contributed by atoms with Crippen molar-refractivity contribution in [3.05, 3.63) is 48.0 Å². The van der Waals surface area contributed by atoms with Gasteiger partial charge >= 0.3 is 29.8 Å². The molecule has 11 atom stereocenters. The normalized spacial score (nSPS) is 38.8. The third-order valence-corrected chi connectivity index (χ3v) is 9.77. The molecule has 2 heterocycles. The van der Waals surface area contributed by atoms with E-state index in [1.807, 2.05) is 0 Å². The van der Waals surface area contributed by atoms with E-state index in [9.17, 15) is 39.3 Å². The molecule has 0 unspecified atom stereocenters. The molecule has 0 amide bonds. The largest absolute Gasteiger partial charge is 0.459 e. The van der Waals surface area contributed by atoms with Gasteiger partial charge in [-0.1, -0.05) is 58.0 Å². The molecule has 49 heavy (non-hydrogen) atoms. The topological polar surface area (TPSA) is 201 Å². The predicted octanol–water partition coefficient (Wildman–Crippen LogP) is 2.01. The molecule has 0 radical (unpaired) electrons. The lowest BCUT2D eigenvalue weighted by atomic mass is 9.66. The van der Waals surface area contributed by atoms with E-state index < -0.39 is 107 Å². The van der Waals surface area contributed by atoms with Gasteiger partial charge in [-0.15, -0.1) is 0 Å². The lowest BCUT2D eigenvalue weighted by Gasteiger charge is -2.57. The Morgan fingerprint density at radius 2 is 1.22 bits per heavy atom. The Labute approximate surface area is 284 Å². The van der Waals surface area contributed by atoms with Crippen LogP contribution in [0.1, 0.15) is 72.2 Å². The number of carbonyl (C=O) groups is 5. The SMILES string of the molecule is CC(=O)O[C@@H]1[C@H]2[C@@H](OC(=O)c3ccccc3)[C@@H](C)C[C@]2(O)[C@H](OC(C)=O)[C@H](C)/C=C\C(C)(C)[C@]2(O)OC[C@@]1(O)[C@H](OC(C)=O)[C@H]2OC(C)=O. The third kappa shape index (κ3) is 7.09. The van der Waals surface area contributed by atoms with Crippen LogP contribution in [0.25, 0.3) is 0 Å². The lowest BCUT2D eigenvalue weighted by molar-refractivity contribution is -0.386. The Hall–Kier alpha value is -3.85. The average Bonchev–Trinajstić information content (AvgIpc) is 3.25. The minimum Gasteiger partial charge on any atom is -0.459 e. The van der Waals surface area contributed by atoms with Crippen LogP contribution in [0.2, 0.25) is 0 Å². The summed E-state index contributed by atoms with van der Waals surface area (Å²) in [6, 6.07) is 7.97. The number of rotatable bonds is 6. The van der Waals surface area contributed by atoms with E-state index in [0.29, 0.717) is 0 Å².